The molecule has 0 fully saturated rings. The van der Waals surface area contributed by atoms with Crippen LogP contribution in [0.3, 0.4) is 0 Å². The SMILES string of the molecule is COc1cccc(CN(C(=O)COc2cccc(C)c2C)[C@H](Cc2ccccc2)C(=O)NCC(C)C)c1. The number of methoxy groups -OCH3 is 1. The topological polar surface area (TPSA) is 67.9 Å². The van der Waals surface area contributed by atoms with Crippen molar-refractivity contribution in [3.63, 3.8) is 0 Å². The minimum atomic E-state index is -0.706. The summed E-state index contributed by atoms with van der Waals surface area (Å²) in [7, 11) is 1.61. The van der Waals surface area contributed by atoms with E-state index in [4.69, 9.17) is 9.47 Å². The highest BCUT2D eigenvalue weighted by atomic mass is 16.5. The second kappa shape index (κ2) is 13.5. The summed E-state index contributed by atoms with van der Waals surface area (Å²) < 4.78 is 11.4. The molecule has 0 aliphatic carbocycles. The van der Waals surface area contributed by atoms with E-state index in [-0.39, 0.29) is 30.9 Å². The number of carbonyl (C=O) groups excluding carboxylic acids is 2. The molecule has 0 saturated heterocycles. The maximum atomic E-state index is 13.7. The monoisotopic (exact) mass is 502 g/mol. The van der Waals surface area contributed by atoms with Gasteiger partial charge in [-0.3, -0.25) is 9.59 Å². The van der Waals surface area contributed by atoms with Crippen LogP contribution >= 0.6 is 0 Å². The largest absolute Gasteiger partial charge is 0.497 e. The minimum absolute atomic E-state index is 0.170. The highest BCUT2D eigenvalue weighted by molar-refractivity contribution is 5.88. The second-order valence-corrected chi connectivity index (χ2v) is 9.70. The molecule has 1 atom stereocenters. The van der Waals surface area contributed by atoms with E-state index in [1.54, 1.807) is 12.0 Å². The van der Waals surface area contributed by atoms with Crippen LogP contribution in [0.1, 0.15) is 36.1 Å². The third kappa shape index (κ3) is 8.10. The highest BCUT2D eigenvalue weighted by Crippen LogP contribution is 2.22. The Kier molecular flexibility index (Phi) is 10.1. The summed E-state index contributed by atoms with van der Waals surface area (Å²) in [6, 6.07) is 22.4. The van der Waals surface area contributed by atoms with Crippen molar-refractivity contribution in [2.75, 3.05) is 20.3 Å². The number of hydrogen-bond donors (Lipinski definition) is 1. The molecule has 3 rings (SSSR count). The molecule has 1 N–H and O–H groups in total. The fraction of sp³-hybridized carbons (Fsp3) is 0.355. The molecule has 0 heterocycles. The van der Waals surface area contributed by atoms with E-state index in [0.717, 1.165) is 22.3 Å². The molecule has 0 aliphatic rings. The van der Waals surface area contributed by atoms with Gasteiger partial charge in [-0.05, 0) is 60.2 Å². The van der Waals surface area contributed by atoms with Gasteiger partial charge in [0, 0.05) is 19.5 Å². The van der Waals surface area contributed by atoms with Crippen molar-refractivity contribution in [1.82, 2.24) is 10.2 Å². The molecule has 0 unspecified atom stereocenters. The van der Waals surface area contributed by atoms with Crippen LogP contribution in [0.25, 0.3) is 0 Å². The average molecular weight is 503 g/mol. The number of benzene rings is 3. The van der Waals surface area contributed by atoms with Crippen molar-refractivity contribution < 1.29 is 19.1 Å². The molecular weight excluding hydrogens is 464 g/mol. The second-order valence-electron chi connectivity index (χ2n) is 9.70. The van der Waals surface area contributed by atoms with Gasteiger partial charge in [-0.2, -0.15) is 0 Å². The molecule has 0 aromatic heterocycles. The number of rotatable bonds is 12. The van der Waals surface area contributed by atoms with Gasteiger partial charge in [0.2, 0.25) is 5.91 Å². The Labute approximate surface area is 220 Å². The van der Waals surface area contributed by atoms with E-state index < -0.39 is 6.04 Å². The van der Waals surface area contributed by atoms with Gasteiger partial charge in [-0.25, -0.2) is 0 Å². The van der Waals surface area contributed by atoms with Crippen LogP contribution in [0.15, 0.2) is 72.8 Å². The molecule has 3 aromatic carbocycles. The van der Waals surface area contributed by atoms with Gasteiger partial charge in [0.25, 0.3) is 5.91 Å². The lowest BCUT2D eigenvalue weighted by atomic mass is 10.0. The molecule has 0 radical (unpaired) electrons. The smallest absolute Gasteiger partial charge is 0.261 e. The normalized spacial score (nSPS) is 11.6. The van der Waals surface area contributed by atoms with Crippen LogP contribution in [-0.2, 0) is 22.6 Å². The Morgan fingerprint density at radius 3 is 2.32 bits per heavy atom. The summed E-state index contributed by atoms with van der Waals surface area (Å²) in [5.74, 6) is 1.21. The zero-order valence-electron chi connectivity index (χ0n) is 22.5. The molecule has 6 heteroatoms. The Morgan fingerprint density at radius 1 is 0.919 bits per heavy atom. The van der Waals surface area contributed by atoms with E-state index in [1.807, 2.05) is 100 Å². The number of ether oxygens (including phenoxy) is 2. The van der Waals surface area contributed by atoms with Gasteiger partial charge in [0.15, 0.2) is 6.61 Å². The predicted octanol–water partition coefficient (Wildman–Crippen LogP) is 5.10. The van der Waals surface area contributed by atoms with E-state index in [0.29, 0.717) is 24.5 Å². The predicted molar refractivity (Wildman–Crippen MR) is 147 cm³/mol. The van der Waals surface area contributed by atoms with Crippen LogP contribution in [0.4, 0.5) is 0 Å². The van der Waals surface area contributed by atoms with Crippen LogP contribution in [0.2, 0.25) is 0 Å². The van der Waals surface area contributed by atoms with Crippen LogP contribution in [0, 0.1) is 19.8 Å². The van der Waals surface area contributed by atoms with Gasteiger partial charge < -0.3 is 19.7 Å². The fourth-order valence-corrected chi connectivity index (χ4v) is 4.05. The summed E-state index contributed by atoms with van der Waals surface area (Å²) in [5, 5.41) is 3.04. The molecule has 2 amide bonds. The maximum Gasteiger partial charge on any atom is 0.261 e. The van der Waals surface area contributed by atoms with Gasteiger partial charge in [0.05, 0.1) is 7.11 Å². The van der Waals surface area contributed by atoms with E-state index in [1.165, 1.54) is 0 Å². The molecule has 0 spiro atoms. The number of hydrogen-bond acceptors (Lipinski definition) is 4. The van der Waals surface area contributed by atoms with Crippen molar-refractivity contribution in [1.29, 1.82) is 0 Å². The van der Waals surface area contributed by atoms with Gasteiger partial charge in [0.1, 0.15) is 17.5 Å². The van der Waals surface area contributed by atoms with E-state index in [2.05, 4.69) is 5.32 Å². The molecular formula is C31H38N2O4. The first-order valence-electron chi connectivity index (χ1n) is 12.7. The zero-order chi connectivity index (χ0) is 26.8. The Bertz CT molecular complexity index is 1180. The summed E-state index contributed by atoms with van der Waals surface area (Å²) >= 11 is 0. The Hall–Kier alpha value is -3.80. The summed E-state index contributed by atoms with van der Waals surface area (Å²) in [5.41, 5.74) is 3.93. The molecule has 0 saturated carbocycles. The lowest BCUT2D eigenvalue weighted by molar-refractivity contribution is -0.142. The first kappa shape index (κ1) is 27.8. The molecule has 37 heavy (non-hydrogen) atoms. The summed E-state index contributed by atoms with van der Waals surface area (Å²) in [6.45, 7) is 8.68. The van der Waals surface area contributed by atoms with E-state index in [9.17, 15) is 9.59 Å². The van der Waals surface area contributed by atoms with Gasteiger partial charge >= 0.3 is 0 Å². The van der Waals surface area contributed by atoms with Crippen molar-refractivity contribution in [2.45, 2.75) is 46.7 Å². The van der Waals surface area contributed by atoms with Crippen molar-refractivity contribution in [3.05, 3.63) is 95.1 Å². The molecule has 0 aliphatic heterocycles. The highest BCUT2D eigenvalue weighted by Gasteiger charge is 2.31. The van der Waals surface area contributed by atoms with Gasteiger partial charge in [-0.15, -0.1) is 0 Å². The number of aryl methyl sites for hydroxylation is 1. The minimum Gasteiger partial charge on any atom is -0.497 e. The fourth-order valence-electron chi connectivity index (χ4n) is 4.05. The maximum absolute atomic E-state index is 13.7. The van der Waals surface area contributed by atoms with Gasteiger partial charge in [-0.1, -0.05) is 68.4 Å². The standard InChI is InChI=1S/C31H38N2O4/c1-22(2)19-32-31(35)28(18-25-12-7-6-8-13-25)33(20-26-14-10-15-27(17-26)36-5)30(34)21-37-29-16-9-11-23(3)24(29)4/h6-17,22,28H,18-21H2,1-5H3,(H,32,35)/t28-/m1/s1. The van der Waals surface area contributed by atoms with E-state index >= 15 is 0 Å². The lowest BCUT2D eigenvalue weighted by Gasteiger charge is -2.32. The third-order valence-corrected chi connectivity index (χ3v) is 6.35. The zero-order valence-corrected chi connectivity index (χ0v) is 22.5. The number of nitrogens with zero attached hydrogens (tertiary/aromatic N) is 1. The first-order chi connectivity index (χ1) is 17.8. The lowest BCUT2D eigenvalue weighted by Crippen LogP contribution is -2.52. The quantitative estimate of drug-likeness (QED) is 0.374. The van der Waals surface area contributed by atoms with Crippen molar-refractivity contribution >= 4 is 11.8 Å². The number of carbonyl (C=O) groups is 2. The first-order valence-corrected chi connectivity index (χ1v) is 12.7. The van der Waals surface area contributed by atoms with Crippen LogP contribution < -0.4 is 14.8 Å². The summed E-state index contributed by atoms with van der Waals surface area (Å²) in [6.07, 6.45) is 0.393. The van der Waals surface area contributed by atoms with Crippen LogP contribution in [-0.4, -0.2) is 43.0 Å². The molecule has 3 aromatic rings. The number of nitrogens with one attached hydrogen (secondary N) is 1. The summed E-state index contributed by atoms with van der Waals surface area (Å²) in [4.78, 5) is 28.9. The van der Waals surface area contributed by atoms with Crippen molar-refractivity contribution in [3.8, 4) is 11.5 Å². The third-order valence-electron chi connectivity index (χ3n) is 6.35. The van der Waals surface area contributed by atoms with Crippen LogP contribution in [0.5, 0.6) is 11.5 Å². The molecule has 0 bridgehead atoms. The Morgan fingerprint density at radius 2 is 1.62 bits per heavy atom. The molecule has 6 nitrogen and oxygen atoms in total. The number of amides is 2. The Balaban J connectivity index is 1.93. The van der Waals surface area contributed by atoms with Crippen molar-refractivity contribution in [2.24, 2.45) is 5.92 Å². The molecule has 196 valence electrons. The average Bonchev–Trinajstić information content (AvgIpc) is 2.90.